The SMILES string of the molecule is COc1cccc(/C=C(/C#N)c2ccc(C(F)(F)F)cc2)c1O[C@@H](C)C(=O)O. The van der Waals surface area contributed by atoms with Gasteiger partial charge in [-0.25, -0.2) is 4.79 Å². The maximum atomic E-state index is 12.7. The Morgan fingerprint density at radius 1 is 1.21 bits per heavy atom. The fourth-order valence-electron chi connectivity index (χ4n) is 2.33. The van der Waals surface area contributed by atoms with Gasteiger partial charge in [-0.05, 0) is 36.8 Å². The minimum atomic E-state index is -4.48. The van der Waals surface area contributed by atoms with Crippen molar-refractivity contribution < 1.29 is 32.5 Å². The molecular weight excluding hydrogens is 375 g/mol. The first kappa shape index (κ1) is 20.8. The van der Waals surface area contributed by atoms with Gasteiger partial charge in [0.1, 0.15) is 0 Å². The third-order valence-corrected chi connectivity index (χ3v) is 3.82. The molecule has 0 aromatic heterocycles. The molecule has 1 N–H and O–H groups in total. The fraction of sp³-hybridized carbons (Fsp3) is 0.200. The summed E-state index contributed by atoms with van der Waals surface area (Å²) < 4.78 is 48.8. The zero-order valence-corrected chi connectivity index (χ0v) is 14.9. The van der Waals surface area contributed by atoms with Crippen LogP contribution in [0, 0.1) is 11.3 Å². The number of alkyl halides is 3. The molecule has 0 saturated carbocycles. The molecule has 2 aromatic carbocycles. The minimum Gasteiger partial charge on any atom is -0.493 e. The first-order valence-corrected chi connectivity index (χ1v) is 8.03. The van der Waals surface area contributed by atoms with Gasteiger partial charge in [-0.1, -0.05) is 24.3 Å². The van der Waals surface area contributed by atoms with Crippen LogP contribution in [0.1, 0.15) is 23.6 Å². The third kappa shape index (κ3) is 4.82. The number of carboxylic acid groups (broad SMARTS) is 1. The van der Waals surface area contributed by atoms with Gasteiger partial charge in [0, 0.05) is 5.56 Å². The van der Waals surface area contributed by atoms with Gasteiger partial charge in [0.15, 0.2) is 17.6 Å². The van der Waals surface area contributed by atoms with E-state index in [-0.39, 0.29) is 22.6 Å². The highest BCUT2D eigenvalue weighted by molar-refractivity contribution is 5.91. The molecule has 1 atom stereocenters. The lowest BCUT2D eigenvalue weighted by Crippen LogP contribution is -2.23. The van der Waals surface area contributed by atoms with Crippen molar-refractivity contribution in [3.63, 3.8) is 0 Å². The maximum Gasteiger partial charge on any atom is 0.416 e. The first-order valence-electron chi connectivity index (χ1n) is 8.03. The smallest absolute Gasteiger partial charge is 0.416 e. The van der Waals surface area contributed by atoms with E-state index in [0.717, 1.165) is 12.1 Å². The van der Waals surface area contributed by atoms with Crippen LogP contribution in [0.25, 0.3) is 11.6 Å². The number of carboxylic acids is 1. The normalized spacial score (nSPS) is 12.8. The molecule has 146 valence electrons. The van der Waals surface area contributed by atoms with Crippen molar-refractivity contribution in [1.29, 1.82) is 5.26 Å². The summed E-state index contributed by atoms with van der Waals surface area (Å²) >= 11 is 0. The highest BCUT2D eigenvalue weighted by Crippen LogP contribution is 2.35. The standard InChI is InChI=1S/C20H16F3NO4/c1-12(19(25)26)28-18-14(4-3-5-17(18)27-2)10-15(11-24)13-6-8-16(9-7-13)20(21,22)23/h3-10,12H,1-2H3,(H,25,26)/b15-10-/t12-/m0/s1. The van der Waals surface area contributed by atoms with Crippen LogP contribution in [0.5, 0.6) is 11.5 Å². The van der Waals surface area contributed by atoms with Gasteiger partial charge >= 0.3 is 12.1 Å². The molecule has 0 spiro atoms. The van der Waals surface area contributed by atoms with E-state index < -0.39 is 23.8 Å². The second-order valence-corrected chi connectivity index (χ2v) is 5.72. The Labute approximate surface area is 159 Å². The topological polar surface area (TPSA) is 79.5 Å². The quantitative estimate of drug-likeness (QED) is 0.574. The number of benzene rings is 2. The highest BCUT2D eigenvalue weighted by atomic mass is 19.4. The van der Waals surface area contributed by atoms with Gasteiger partial charge in [-0.3, -0.25) is 0 Å². The molecule has 2 aromatic rings. The van der Waals surface area contributed by atoms with Crippen LogP contribution in [0.2, 0.25) is 0 Å². The van der Waals surface area contributed by atoms with Gasteiger partial charge < -0.3 is 14.6 Å². The number of hydrogen-bond donors (Lipinski definition) is 1. The number of hydrogen-bond acceptors (Lipinski definition) is 4. The van der Waals surface area contributed by atoms with Crippen LogP contribution in [0.4, 0.5) is 13.2 Å². The van der Waals surface area contributed by atoms with E-state index in [1.54, 1.807) is 18.2 Å². The predicted molar refractivity (Wildman–Crippen MR) is 95.6 cm³/mol. The molecule has 0 radical (unpaired) electrons. The monoisotopic (exact) mass is 391 g/mol. The fourth-order valence-corrected chi connectivity index (χ4v) is 2.33. The summed E-state index contributed by atoms with van der Waals surface area (Å²) in [6.07, 6.45) is -4.26. The summed E-state index contributed by atoms with van der Waals surface area (Å²) in [4.78, 5) is 11.1. The summed E-state index contributed by atoms with van der Waals surface area (Å²) in [6, 6.07) is 10.8. The lowest BCUT2D eigenvalue weighted by Gasteiger charge is -2.16. The molecule has 0 aliphatic heterocycles. The van der Waals surface area contributed by atoms with E-state index in [0.29, 0.717) is 5.56 Å². The molecule has 0 aliphatic rings. The number of aliphatic carboxylic acids is 1. The van der Waals surface area contributed by atoms with Crippen molar-refractivity contribution in [3.8, 4) is 17.6 Å². The van der Waals surface area contributed by atoms with Gasteiger partial charge in [-0.2, -0.15) is 18.4 Å². The summed E-state index contributed by atoms with van der Waals surface area (Å²) in [5, 5.41) is 18.5. The lowest BCUT2D eigenvalue weighted by molar-refractivity contribution is -0.144. The number of allylic oxidation sites excluding steroid dienone is 1. The molecule has 0 aliphatic carbocycles. The van der Waals surface area contributed by atoms with Crippen molar-refractivity contribution in [2.24, 2.45) is 0 Å². The third-order valence-electron chi connectivity index (χ3n) is 3.82. The van der Waals surface area contributed by atoms with E-state index in [4.69, 9.17) is 14.6 Å². The second-order valence-electron chi connectivity index (χ2n) is 5.72. The molecule has 0 bridgehead atoms. The maximum absolute atomic E-state index is 12.7. The Kier molecular flexibility index (Phi) is 6.31. The van der Waals surface area contributed by atoms with Crippen LogP contribution in [0.3, 0.4) is 0 Å². The zero-order valence-electron chi connectivity index (χ0n) is 14.9. The molecule has 0 fully saturated rings. The molecule has 8 heteroatoms. The van der Waals surface area contributed by atoms with Crippen molar-refractivity contribution in [2.75, 3.05) is 7.11 Å². The number of methoxy groups -OCH3 is 1. The van der Waals surface area contributed by atoms with Crippen molar-refractivity contribution in [2.45, 2.75) is 19.2 Å². The molecule has 28 heavy (non-hydrogen) atoms. The number of nitriles is 1. The molecular formula is C20H16F3NO4. The minimum absolute atomic E-state index is 0.0785. The molecule has 2 rings (SSSR count). The first-order chi connectivity index (χ1) is 13.2. The Hall–Kier alpha value is -3.47. The van der Waals surface area contributed by atoms with Crippen molar-refractivity contribution in [1.82, 2.24) is 0 Å². The predicted octanol–water partition coefficient (Wildman–Crippen LogP) is 4.63. The number of para-hydroxylation sites is 1. The van der Waals surface area contributed by atoms with Crippen LogP contribution in [-0.4, -0.2) is 24.3 Å². The number of nitrogens with zero attached hydrogens (tertiary/aromatic N) is 1. The Balaban J connectivity index is 2.49. The van der Waals surface area contributed by atoms with Gasteiger partial charge in [0.05, 0.1) is 24.3 Å². The average Bonchev–Trinajstić information content (AvgIpc) is 2.66. The number of carbonyl (C=O) groups is 1. The number of ether oxygens (including phenoxy) is 2. The zero-order chi connectivity index (χ0) is 20.9. The summed E-state index contributed by atoms with van der Waals surface area (Å²) in [7, 11) is 1.38. The van der Waals surface area contributed by atoms with Crippen LogP contribution < -0.4 is 9.47 Å². The molecule has 5 nitrogen and oxygen atoms in total. The van der Waals surface area contributed by atoms with E-state index in [2.05, 4.69) is 0 Å². The van der Waals surface area contributed by atoms with E-state index >= 15 is 0 Å². The summed E-state index contributed by atoms with van der Waals surface area (Å²) in [5.74, 6) is -0.824. The highest BCUT2D eigenvalue weighted by Gasteiger charge is 2.30. The Morgan fingerprint density at radius 3 is 2.36 bits per heavy atom. The van der Waals surface area contributed by atoms with Crippen LogP contribution >= 0.6 is 0 Å². The average molecular weight is 391 g/mol. The van der Waals surface area contributed by atoms with Crippen LogP contribution in [-0.2, 0) is 11.0 Å². The summed E-state index contributed by atoms with van der Waals surface area (Å²) in [6.45, 7) is 1.34. The molecule has 0 amide bonds. The number of rotatable bonds is 6. The van der Waals surface area contributed by atoms with Crippen molar-refractivity contribution >= 4 is 17.6 Å². The van der Waals surface area contributed by atoms with E-state index in [1.165, 1.54) is 32.2 Å². The van der Waals surface area contributed by atoms with Gasteiger partial charge in [0.25, 0.3) is 0 Å². The number of halogens is 3. The Morgan fingerprint density at radius 2 is 1.86 bits per heavy atom. The largest absolute Gasteiger partial charge is 0.493 e. The van der Waals surface area contributed by atoms with Crippen LogP contribution in [0.15, 0.2) is 42.5 Å². The van der Waals surface area contributed by atoms with Crippen molar-refractivity contribution in [3.05, 3.63) is 59.2 Å². The second kappa shape index (κ2) is 8.48. The van der Waals surface area contributed by atoms with Gasteiger partial charge in [-0.15, -0.1) is 0 Å². The lowest BCUT2D eigenvalue weighted by atomic mass is 10.0. The van der Waals surface area contributed by atoms with E-state index in [1.807, 2.05) is 6.07 Å². The molecule has 0 unspecified atom stereocenters. The summed E-state index contributed by atoms with van der Waals surface area (Å²) in [5.41, 5.74) is -0.122. The molecule has 0 saturated heterocycles. The Bertz CT molecular complexity index is 928. The van der Waals surface area contributed by atoms with E-state index in [9.17, 15) is 23.2 Å². The van der Waals surface area contributed by atoms with Gasteiger partial charge in [0.2, 0.25) is 0 Å². The molecule has 0 heterocycles.